The van der Waals surface area contributed by atoms with Crippen LogP contribution in [0.3, 0.4) is 0 Å². The third kappa shape index (κ3) is 1.79. The van der Waals surface area contributed by atoms with Gasteiger partial charge >= 0.3 is 0 Å². The zero-order chi connectivity index (χ0) is 10.1. The van der Waals surface area contributed by atoms with Crippen LogP contribution in [-0.2, 0) is 0 Å². The van der Waals surface area contributed by atoms with Crippen molar-refractivity contribution < 1.29 is 4.39 Å². The molecule has 0 amide bonds. The van der Waals surface area contributed by atoms with Gasteiger partial charge in [0.2, 0.25) is 0 Å². The van der Waals surface area contributed by atoms with Crippen molar-refractivity contribution in [3.05, 3.63) is 39.6 Å². The van der Waals surface area contributed by atoms with Gasteiger partial charge < -0.3 is 4.90 Å². The molecule has 4 heteroatoms. The fraction of sp³-hybridized carbons (Fsp3) is 0.200. The average molecular weight is 277 g/mol. The van der Waals surface area contributed by atoms with Crippen LogP contribution < -0.4 is 4.90 Å². The number of halogens is 3. The van der Waals surface area contributed by atoms with Crippen LogP contribution in [0.1, 0.15) is 0 Å². The molecule has 0 radical (unpaired) electrons. The maximum absolute atomic E-state index is 12.9. The number of hydrogen-bond donors (Lipinski definition) is 0. The minimum atomic E-state index is -0.321. The number of nitrogens with zero attached hydrogens (tertiary/aromatic N) is 1. The van der Waals surface area contributed by atoms with Crippen molar-refractivity contribution in [3.63, 3.8) is 0 Å². The summed E-state index contributed by atoms with van der Waals surface area (Å²) in [5.74, 6) is -0.321. The lowest BCUT2D eigenvalue weighted by Gasteiger charge is -2.20. The van der Waals surface area contributed by atoms with Gasteiger partial charge in [-0.2, -0.15) is 0 Å². The van der Waals surface area contributed by atoms with Gasteiger partial charge in [0.05, 0.1) is 10.7 Å². The molecular formula is C10H8BrClFN. The van der Waals surface area contributed by atoms with Crippen LogP contribution in [0.25, 0.3) is 0 Å². The van der Waals surface area contributed by atoms with Crippen molar-refractivity contribution in [2.45, 2.75) is 0 Å². The second-order valence-electron chi connectivity index (χ2n) is 3.09. The lowest BCUT2D eigenvalue weighted by Crippen LogP contribution is -2.19. The first-order valence-corrected chi connectivity index (χ1v) is 5.40. The molecular weight excluding hydrogens is 268 g/mol. The summed E-state index contributed by atoms with van der Waals surface area (Å²) in [6.07, 6.45) is 4.12. The van der Waals surface area contributed by atoms with E-state index in [0.717, 1.165) is 18.8 Å². The van der Waals surface area contributed by atoms with Crippen LogP contribution in [-0.4, -0.2) is 13.1 Å². The first-order chi connectivity index (χ1) is 6.68. The van der Waals surface area contributed by atoms with Crippen molar-refractivity contribution in [2.75, 3.05) is 18.0 Å². The molecule has 1 heterocycles. The Labute approximate surface area is 95.3 Å². The predicted molar refractivity (Wildman–Crippen MR) is 60.5 cm³/mol. The first-order valence-electron chi connectivity index (χ1n) is 4.23. The summed E-state index contributed by atoms with van der Waals surface area (Å²) in [6, 6.07) is 2.76. The molecule has 0 atom stereocenters. The van der Waals surface area contributed by atoms with Gasteiger partial charge in [-0.3, -0.25) is 0 Å². The molecule has 0 aliphatic carbocycles. The second-order valence-corrected chi connectivity index (χ2v) is 4.36. The molecule has 0 aromatic heterocycles. The Kier molecular flexibility index (Phi) is 2.79. The minimum Gasteiger partial charge on any atom is -0.362 e. The topological polar surface area (TPSA) is 3.24 Å². The number of anilines is 1. The van der Waals surface area contributed by atoms with E-state index in [1.165, 1.54) is 12.1 Å². The molecule has 0 spiro atoms. The van der Waals surface area contributed by atoms with Gasteiger partial charge in [-0.15, -0.1) is 0 Å². The van der Waals surface area contributed by atoms with E-state index in [9.17, 15) is 4.39 Å². The Morgan fingerprint density at radius 2 is 1.93 bits per heavy atom. The molecule has 14 heavy (non-hydrogen) atoms. The van der Waals surface area contributed by atoms with Gasteiger partial charge in [-0.1, -0.05) is 23.8 Å². The van der Waals surface area contributed by atoms with Gasteiger partial charge in [-0.05, 0) is 28.1 Å². The third-order valence-electron chi connectivity index (χ3n) is 2.12. The zero-order valence-electron chi connectivity index (χ0n) is 7.30. The van der Waals surface area contributed by atoms with Crippen molar-refractivity contribution in [3.8, 4) is 0 Å². The van der Waals surface area contributed by atoms with E-state index in [4.69, 9.17) is 11.6 Å². The van der Waals surface area contributed by atoms with Crippen LogP contribution >= 0.6 is 27.5 Å². The Bertz CT molecular complexity index is 361. The summed E-state index contributed by atoms with van der Waals surface area (Å²) >= 11 is 9.29. The van der Waals surface area contributed by atoms with Gasteiger partial charge in [0.15, 0.2) is 0 Å². The third-order valence-corrected chi connectivity index (χ3v) is 3.01. The fourth-order valence-electron chi connectivity index (χ4n) is 1.50. The SMILES string of the molecule is Fc1cc(Cl)c(N2CC=CC2)c(Br)c1. The van der Waals surface area contributed by atoms with Gasteiger partial charge in [0, 0.05) is 17.6 Å². The Morgan fingerprint density at radius 1 is 1.29 bits per heavy atom. The molecule has 0 saturated carbocycles. The van der Waals surface area contributed by atoms with Crippen LogP contribution in [0.2, 0.25) is 5.02 Å². The molecule has 1 aromatic rings. The molecule has 2 rings (SSSR count). The highest BCUT2D eigenvalue weighted by molar-refractivity contribution is 9.10. The fourth-order valence-corrected chi connectivity index (χ4v) is 2.62. The average Bonchev–Trinajstić information content (AvgIpc) is 2.54. The quantitative estimate of drug-likeness (QED) is 0.708. The minimum absolute atomic E-state index is 0.321. The highest BCUT2D eigenvalue weighted by Crippen LogP contribution is 2.35. The molecule has 0 N–H and O–H groups in total. The lowest BCUT2D eigenvalue weighted by molar-refractivity contribution is 0.627. The monoisotopic (exact) mass is 275 g/mol. The largest absolute Gasteiger partial charge is 0.362 e. The summed E-state index contributed by atoms with van der Waals surface area (Å²) < 4.78 is 13.6. The van der Waals surface area contributed by atoms with Gasteiger partial charge in [0.25, 0.3) is 0 Å². The Balaban J connectivity index is 2.41. The molecule has 1 nitrogen and oxygen atoms in total. The van der Waals surface area contributed by atoms with Crippen LogP contribution in [0, 0.1) is 5.82 Å². The molecule has 1 aromatic carbocycles. The van der Waals surface area contributed by atoms with Crippen molar-refractivity contribution >= 4 is 33.2 Å². The van der Waals surface area contributed by atoms with E-state index in [1.807, 2.05) is 0 Å². The first kappa shape index (κ1) is 9.99. The molecule has 0 bridgehead atoms. The smallest absolute Gasteiger partial charge is 0.125 e. The summed E-state index contributed by atoms with van der Waals surface area (Å²) in [6.45, 7) is 1.65. The van der Waals surface area contributed by atoms with E-state index in [2.05, 4.69) is 33.0 Å². The van der Waals surface area contributed by atoms with Crippen LogP contribution in [0.5, 0.6) is 0 Å². The standard InChI is InChI=1S/C10H8BrClFN/c11-8-5-7(13)6-9(12)10(8)14-3-1-2-4-14/h1-2,5-6H,3-4H2. The normalized spacial score (nSPS) is 15.2. The number of benzene rings is 1. The molecule has 0 fully saturated rings. The summed E-state index contributed by atoms with van der Waals surface area (Å²) in [4.78, 5) is 2.08. The molecule has 1 aliphatic rings. The van der Waals surface area contributed by atoms with E-state index in [-0.39, 0.29) is 5.82 Å². The Morgan fingerprint density at radius 3 is 2.50 bits per heavy atom. The van der Waals surface area contributed by atoms with Crippen LogP contribution in [0.15, 0.2) is 28.8 Å². The molecule has 0 saturated heterocycles. The van der Waals surface area contributed by atoms with E-state index in [1.54, 1.807) is 0 Å². The zero-order valence-corrected chi connectivity index (χ0v) is 9.65. The van der Waals surface area contributed by atoms with E-state index in [0.29, 0.717) is 9.50 Å². The second kappa shape index (κ2) is 3.91. The van der Waals surface area contributed by atoms with E-state index < -0.39 is 0 Å². The number of rotatable bonds is 1. The lowest BCUT2D eigenvalue weighted by atomic mass is 10.3. The van der Waals surface area contributed by atoms with Crippen LogP contribution in [0.4, 0.5) is 10.1 Å². The number of hydrogen-bond acceptors (Lipinski definition) is 1. The maximum atomic E-state index is 12.9. The van der Waals surface area contributed by atoms with E-state index >= 15 is 0 Å². The highest BCUT2D eigenvalue weighted by atomic mass is 79.9. The van der Waals surface area contributed by atoms with Gasteiger partial charge in [-0.25, -0.2) is 4.39 Å². The maximum Gasteiger partial charge on any atom is 0.125 e. The molecule has 1 aliphatic heterocycles. The van der Waals surface area contributed by atoms with Crippen molar-refractivity contribution in [2.24, 2.45) is 0 Å². The van der Waals surface area contributed by atoms with Gasteiger partial charge in [0.1, 0.15) is 5.82 Å². The molecule has 74 valence electrons. The highest BCUT2D eigenvalue weighted by Gasteiger charge is 2.15. The Hall–Kier alpha value is -0.540. The molecule has 0 unspecified atom stereocenters. The predicted octanol–water partition coefficient (Wildman–Crippen LogP) is 3.62. The summed E-state index contributed by atoms with van der Waals surface area (Å²) in [7, 11) is 0. The summed E-state index contributed by atoms with van der Waals surface area (Å²) in [5.41, 5.74) is 0.859. The van der Waals surface area contributed by atoms with Crippen molar-refractivity contribution in [1.82, 2.24) is 0 Å². The summed E-state index contributed by atoms with van der Waals surface area (Å²) in [5, 5.41) is 0.445. The van der Waals surface area contributed by atoms with Crippen molar-refractivity contribution in [1.29, 1.82) is 0 Å².